The maximum absolute atomic E-state index is 9.31. The van der Waals surface area contributed by atoms with Crippen molar-refractivity contribution in [3.8, 4) is 0 Å². The van der Waals surface area contributed by atoms with Gasteiger partial charge in [0.05, 0.1) is 18.8 Å². The molecule has 0 aliphatic heterocycles. The van der Waals surface area contributed by atoms with Crippen molar-refractivity contribution in [3.63, 3.8) is 0 Å². The first-order valence-corrected chi connectivity index (χ1v) is 5.11. The Labute approximate surface area is 85.2 Å². The van der Waals surface area contributed by atoms with E-state index in [0.29, 0.717) is 6.61 Å². The molecular formula is C10H20O4. The number of aliphatic hydroxyl groups is 1. The maximum atomic E-state index is 9.31. The van der Waals surface area contributed by atoms with Crippen molar-refractivity contribution in [2.45, 2.75) is 44.2 Å². The third-order valence-electron chi connectivity index (χ3n) is 2.55. The smallest absolute Gasteiger partial charge is 0.180 e. The molecule has 0 bridgehead atoms. The van der Waals surface area contributed by atoms with Crippen molar-refractivity contribution < 1.29 is 19.3 Å². The molecule has 0 aromatic carbocycles. The van der Waals surface area contributed by atoms with Crippen LogP contribution in [0.25, 0.3) is 0 Å². The molecule has 84 valence electrons. The minimum atomic E-state index is -0.278. The lowest BCUT2D eigenvalue weighted by Gasteiger charge is -2.28. The molecule has 0 amide bonds. The van der Waals surface area contributed by atoms with Crippen LogP contribution >= 0.6 is 0 Å². The predicted octanol–water partition coefficient (Wildman–Crippen LogP) is 0.925. The van der Waals surface area contributed by atoms with Crippen LogP contribution in [0.15, 0.2) is 0 Å². The standard InChI is InChI=1S/C10H20O4/c1-12-7-10(13-2)14-9-5-3-8(11)4-6-9/h8-11H,3-7H2,1-2H3. The van der Waals surface area contributed by atoms with Gasteiger partial charge in [-0.1, -0.05) is 0 Å². The molecule has 1 saturated carbocycles. The Bertz CT molecular complexity index is 143. The average molecular weight is 204 g/mol. The summed E-state index contributed by atoms with van der Waals surface area (Å²) in [4.78, 5) is 0. The van der Waals surface area contributed by atoms with E-state index < -0.39 is 0 Å². The van der Waals surface area contributed by atoms with Crippen LogP contribution in [-0.2, 0) is 14.2 Å². The molecule has 0 aromatic heterocycles. The van der Waals surface area contributed by atoms with E-state index in [1.807, 2.05) is 0 Å². The molecule has 4 nitrogen and oxygen atoms in total. The Morgan fingerprint density at radius 2 is 1.86 bits per heavy atom. The Balaban J connectivity index is 2.21. The van der Waals surface area contributed by atoms with Crippen molar-refractivity contribution in [1.82, 2.24) is 0 Å². The van der Waals surface area contributed by atoms with Crippen molar-refractivity contribution in [3.05, 3.63) is 0 Å². The highest BCUT2D eigenvalue weighted by Gasteiger charge is 2.22. The van der Waals surface area contributed by atoms with Gasteiger partial charge in [-0.3, -0.25) is 0 Å². The van der Waals surface area contributed by atoms with E-state index in [0.717, 1.165) is 25.7 Å². The summed E-state index contributed by atoms with van der Waals surface area (Å²) < 4.78 is 15.7. The van der Waals surface area contributed by atoms with Gasteiger partial charge in [0.15, 0.2) is 6.29 Å². The zero-order chi connectivity index (χ0) is 10.4. The van der Waals surface area contributed by atoms with Gasteiger partial charge in [0.25, 0.3) is 0 Å². The highest BCUT2D eigenvalue weighted by atomic mass is 16.7. The minimum absolute atomic E-state index is 0.140. The molecule has 1 fully saturated rings. The first-order valence-electron chi connectivity index (χ1n) is 5.11. The van der Waals surface area contributed by atoms with E-state index in [1.165, 1.54) is 0 Å². The van der Waals surface area contributed by atoms with Gasteiger partial charge in [-0.05, 0) is 25.7 Å². The highest BCUT2D eigenvalue weighted by molar-refractivity contribution is 4.71. The van der Waals surface area contributed by atoms with Crippen molar-refractivity contribution in [2.24, 2.45) is 0 Å². The molecule has 14 heavy (non-hydrogen) atoms. The second-order valence-electron chi connectivity index (χ2n) is 3.69. The van der Waals surface area contributed by atoms with Gasteiger partial charge in [-0.15, -0.1) is 0 Å². The lowest BCUT2D eigenvalue weighted by Crippen LogP contribution is -2.31. The zero-order valence-corrected chi connectivity index (χ0v) is 8.94. The molecule has 1 unspecified atom stereocenters. The molecule has 1 rings (SSSR count). The van der Waals surface area contributed by atoms with Crippen LogP contribution < -0.4 is 0 Å². The number of ether oxygens (including phenoxy) is 3. The summed E-state index contributed by atoms with van der Waals surface area (Å²) >= 11 is 0. The molecule has 0 aromatic rings. The SMILES string of the molecule is COCC(OC)OC1CCC(O)CC1. The average Bonchev–Trinajstić information content (AvgIpc) is 2.20. The van der Waals surface area contributed by atoms with Crippen LogP contribution in [0.3, 0.4) is 0 Å². The molecule has 1 aliphatic carbocycles. The first-order chi connectivity index (χ1) is 6.76. The van der Waals surface area contributed by atoms with Gasteiger partial charge in [0.1, 0.15) is 0 Å². The third-order valence-corrected chi connectivity index (χ3v) is 2.55. The minimum Gasteiger partial charge on any atom is -0.393 e. The van der Waals surface area contributed by atoms with Crippen molar-refractivity contribution >= 4 is 0 Å². The van der Waals surface area contributed by atoms with Gasteiger partial charge in [0.2, 0.25) is 0 Å². The fourth-order valence-electron chi connectivity index (χ4n) is 1.69. The van der Waals surface area contributed by atoms with Crippen molar-refractivity contribution in [1.29, 1.82) is 0 Å². The van der Waals surface area contributed by atoms with Crippen LogP contribution in [0.2, 0.25) is 0 Å². The van der Waals surface area contributed by atoms with Gasteiger partial charge >= 0.3 is 0 Å². The molecular weight excluding hydrogens is 184 g/mol. The second-order valence-corrected chi connectivity index (χ2v) is 3.69. The van der Waals surface area contributed by atoms with E-state index in [9.17, 15) is 5.11 Å². The van der Waals surface area contributed by atoms with E-state index >= 15 is 0 Å². The third kappa shape index (κ3) is 3.92. The van der Waals surface area contributed by atoms with Gasteiger partial charge in [0, 0.05) is 14.2 Å². The number of hydrogen-bond donors (Lipinski definition) is 1. The molecule has 0 saturated heterocycles. The lowest BCUT2D eigenvalue weighted by molar-refractivity contribution is -0.187. The molecule has 1 aliphatic rings. The summed E-state index contributed by atoms with van der Waals surface area (Å²) in [7, 11) is 3.24. The predicted molar refractivity (Wildman–Crippen MR) is 52.0 cm³/mol. The summed E-state index contributed by atoms with van der Waals surface area (Å²) in [5, 5.41) is 9.31. The summed E-state index contributed by atoms with van der Waals surface area (Å²) in [6, 6.07) is 0. The number of hydrogen-bond acceptors (Lipinski definition) is 4. The quantitative estimate of drug-likeness (QED) is 0.677. The van der Waals surface area contributed by atoms with Crippen LogP contribution in [0.5, 0.6) is 0 Å². The largest absolute Gasteiger partial charge is 0.393 e. The van der Waals surface area contributed by atoms with Gasteiger partial charge < -0.3 is 19.3 Å². The van der Waals surface area contributed by atoms with Crippen LogP contribution in [0.1, 0.15) is 25.7 Å². The molecule has 0 heterocycles. The molecule has 1 atom stereocenters. The van der Waals surface area contributed by atoms with Crippen molar-refractivity contribution in [2.75, 3.05) is 20.8 Å². The van der Waals surface area contributed by atoms with Crippen LogP contribution in [0.4, 0.5) is 0 Å². The highest BCUT2D eigenvalue weighted by Crippen LogP contribution is 2.22. The second kappa shape index (κ2) is 6.35. The van der Waals surface area contributed by atoms with Gasteiger partial charge in [-0.25, -0.2) is 0 Å². The Morgan fingerprint density at radius 1 is 1.21 bits per heavy atom. The summed E-state index contributed by atoms with van der Waals surface area (Å²) in [5.41, 5.74) is 0. The Kier molecular flexibility index (Phi) is 5.40. The monoisotopic (exact) mass is 204 g/mol. The number of aliphatic hydroxyl groups excluding tert-OH is 1. The Hall–Kier alpha value is -0.160. The van der Waals surface area contributed by atoms with Crippen LogP contribution in [-0.4, -0.2) is 44.4 Å². The molecule has 4 heteroatoms. The summed E-state index contributed by atoms with van der Waals surface area (Å²) in [6.45, 7) is 0.454. The fraction of sp³-hybridized carbons (Fsp3) is 1.00. The summed E-state index contributed by atoms with van der Waals surface area (Å²) in [6.07, 6.45) is 3.26. The maximum Gasteiger partial charge on any atom is 0.180 e. The summed E-state index contributed by atoms with van der Waals surface area (Å²) in [5.74, 6) is 0. The zero-order valence-electron chi connectivity index (χ0n) is 8.94. The Morgan fingerprint density at radius 3 is 2.36 bits per heavy atom. The van der Waals surface area contributed by atoms with Gasteiger partial charge in [-0.2, -0.15) is 0 Å². The topological polar surface area (TPSA) is 47.9 Å². The first kappa shape index (κ1) is 11.9. The van der Waals surface area contributed by atoms with Crippen LogP contribution in [0, 0.1) is 0 Å². The van der Waals surface area contributed by atoms with E-state index in [1.54, 1.807) is 14.2 Å². The number of rotatable bonds is 5. The number of methoxy groups -OCH3 is 2. The van der Waals surface area contributed by atoms with E-state index in [2.05, 4.69) is 0 Å². The molecule has 0 spiro atoms. The fourth-order valence-corrected chi connectivity index (χ4v) is 1.69. The van der Waals surface area contributed by atoms with E-state index in [-0.39, 0.29) is 18.5 Å². The molecule has 1 N–H and O–H groups in total. The lowest BCUT2D eigenvalue weighted by atomic mass is 9.95. The molecule has 0 radical (unpaired) electrons. The van der Waals surface area contributed by atoms with E-state index in [4.69, 9.17) is 14.2 Å². The normalized spacial score (nSPS) is 30.2.